The number of carboxylic acids is 1. The number of carbonyl (C=O) groups is 1. The Morgan fingerprint density at radius 2 is 1.61 bits per heavy atom. The highest BCUT2D eigenvalue weighted by Crippen LogP contribution is 2.27. The standard InChI is InChI=1S/C24H15NO3/c25-15-21(20-10-5-16-3-1-2-4-19(16)13-20)14-22-11-12-23(28-22)17-6-8-18(9-7-17)24(26)27/h1-14H,(H,26,27)/b21-14-. The van der Waals surface area contributed by atoms with Crippen LogP contribution in [-0.4, -0.2) is 11.1 Å². The molecular weight excluding hydrogens is 350 g/mol. The molecule has 4 aromatic rings. The predicted octanol–water partition coefficient (Wildman–Crippen LogP) is 5.86. The maximum Gasteiger partial charge on any atom is 0.335 e. The highest BCUT2D eigenvalue weighted by Gasteiger charge is 2.08. The van der Waals surface area contributed by atoms with Crippen molar-refractivity contribution in [3.05, 3.63) is 95.7 Å². The molecular formula is C24H15NO3. The third kappa shape index (κ3) is 3.42. The Morgan fingerprint density at radius 1 is 0.893 bits per heavy atom. The van der Waals surface area contributed by atoms with Crippen LogP contribution in [0.25, 0.3) is 33.7 Å². The molecule has 134 valence electrons. The van der Waals surface area contributed by atoms with Crippen LogP contribution in [0, 0.1) is 11.3 Å². The molecule has 0 bridgehead atoms. The van der Waals surface area contributed by atoms with Crippen molar-refractivity contribution in [1.29, 1.82) is 5.26 Å². The number of aromatic carboxylic acids is 1. The maximum atomic E-state index is 11.0. The lowest BCUT2D eigenvalue weighted by molar-refractivity contribution is 0.0697. The molecule has 28 heavy (non-hydrogen) atoms. The van der Waals surface area contributed by atoms with Gasteiger partial charge in [-0.1, -0.05) is 48.5 Å². The Labute approximate surface area is 161 Å². The van der Waals surface area contributed by atoms with Gasteiger partial charge in [-0.3, -0.25) is 0 Å². The third-order valence-corrected chi connectivity index (χ3v) is 4.51. The molecule has 3 aromatic carbocycles. The number of rotatable bonds is 4. The molecule has 1 N–H and O–H groups in total. The second-order valence-corrected chi connectivity index (χ2v) is 6.32. The number of allylic oxidation sites excluding steroid dienone is 1. The topological polar surface area (TPSA) is 74.2 Å². The largest absolute Gasteiger partial charge is 0.478 e. The van der Waals surface area contributed by atoms with Crippen molar-refractivity contribution in [2.75, 3.05) is 0 Å². The average Bonchev–Trinajstić information content (AvgIpc) is 3.20. The van der Waals surface area contributed by atoms with Crippen molar-refractivity contribution in [3.63, 3.8) is 0 Å². The molecule has 0 amide bonds. The van der Waals surface area contributed by atoms with Crippen molar-refractivity contribution >= 4 is 28.4 Å². The summed E-state index contributed by atoms with van der Waals surface area (Å²) in [7, 11) is 0. The third-order valence-electron chi connectivity index (χ3n) is 4.51. The van der Waals surface area contributed by atoms with Gasteiger partial charge in [0.15, 0.2) is 0 Å². The number of nitrogens with zero attached hydrogens (tertiary/aromatic N) is 1. The SMILES string of the molecule is N#C/C(=C/c1ccc(-c2ccc(C(=O)O)cc2)o1)c1ccc2ccccc2c1. The van der Waals surface area contributed by atoms with E-state index in [0.717, 1.165) is 21.9 Å². The fourth-order valence-corrected chi connectivity index (χ4v) is 3.04. The van der Waals surface area contributed by atoms with E-state index in [2.05, 4.69) is 6.07 Å². The highest BCUT2D eigenvalue weighted by molar-refractivity contribution is 5.94. The first kappa shape index (κ1) is 17.3. The van der Waals surface area contributed by atoms with Crippen molar-refractivity contribution in [1.82, 2.24) is 0 Å². The number of hydrogen-bond acceptors (Lipinski definition) is 3. The van der Waals surface area contributed by atoms with E-state index >= 15 is 0 Å². The van der Waals surface area contributed by atoms with Crippen LogP contribution in [0.3, 0.4) is 0 Å². The van der Waals surface area contributed by atoms with Crippen LogP contribution in [0.2, 0.25) is 0 Å². The zero-order chi connectivity index (χ0) is 19.5. The summed E-state index contributed by atoms with van der Waals surface area (Å²) in [5.74, 6) is 0.199. The summed E-state index contributed by atoms with van der Waals surface area (Å²) in [5.41, 5.74) is 2.32. The number of benzene rings is 3. The van der Waals surface area contributed by atoms with Gasteiger partial charge in [-0.05, 0) is 52.7 Å². The second kappa shape index (κ2) is 7.26. The summed E-state index contributed by atoms with van der Waals surface area (Å²) in [6.45, 7) is 0. The molecule has 0 saturated heterocycles. The Balaban J connectivity index is 1.65. The fourth-order valence-electron chi connectivity index (χ4n) is 3.04. The molecule has 0 spiro atoms. The average molecular weight is 365 g/mol. The number of fused-ring (bicyclic) bond motifs is 1. The van der Waals surface area contributed by atoms with E-state index in [1.807, 2.05) is 42.5 Å². The van der Waals surface area contributed by atoms with E-state index in [1.54, 1.807) is 30.3 Å². The van der Waals surface area contributed by atoms with E-state index in [0.29, 0.717) is 17.1 Å². The Hall–Kier alpha value is -4.10. The lowest BCUT2D eigenvalue weighted by Gasteiger charge is -2.02. The summed E-state index contributed by atoms with van der Waals surface area (Å²) < 4.78 is 5.84. The molecule has 0 unspecified atom stereocenters. The van der Waals surface area contributed by atoms with Gasteiger partial charge in [0.1, 0.15) is 11.5 Å². The first-order chi connectivity index (χ1) is 13.6. The Bertz CT molecular complexity index is 1240. The quantitative estimate of drug-likeness (QED) is 0.460. The number of carboxylic acid groups (broad SMARTS) is 1. The minimum absolute atomic E-state index is 0.221. The van der Waals surface area contributed by atoms with Crippen molar-refractivity contribution in [2.45, 2.75) is 0 Å². The zero-order valence-corrected chi connectivity index (χ0v) is 14.8. The van der Waals surface area contributed by atoms with Crippen LogP contribution in [-0.2, 0) is 0 Å². The molecule has 4 nitrogen and oxygen atoms in total. The molecule has 0 aliphatic heterocycles. The minimum atomic E-state index is -0.969. The van der Waals surface area contributed by atoms with Crippen LogP contribution >= 0.6 is 0 Å². The fraction of sp³-hybridized carbons (Fsp3) is 0. The molecule has 0 aliphatic rings. The van der Waals surface area contributed by atoms with Gasteiger partial charge in [-0.15, -0.1) is 0 Å². The number of nitriles is 1. The van der Waals surface area contributed by atoms with Gasteiger partial charge in [-0.2, -0.15) is 5.26 Å². The molecule has 0 atom stereocenters. The number of furan rings is 1. The molecule has 0 saturated carbocycles. The first-order valence-electron chi connectivity index (χ1n) is 8.68. The van der Waals surface area contributed by atoms with E-state index in [-0.39, 0.29) is 5.56 Å². The zero-order valence-electron chi connectivity index (χ0n) is 14.8. The monoisotopic (exact) mass is 365 g/mol. The molecule has 4 heteroatoms. The van der Waals surface area contributed by atoms with Gasteiger partial charge in [0.25, 0.3) is 0 Å². The molecule has 1 aromatic heterocycles. The van der Waals surface area contributed by atoms with Crippen LogP contribution in [0.15, 0.2) is 83.3 Å². The summed E-state index contributed by atoms with van der Waals surface area (Å²) >= 11 is 0. The van der Waals surface area contributed by atoms with Crippen LogP contribution in [0.5, 0.6) is 0 Å². The molecule has 0 fully saturated rings. The second-order valence-electron chi connectivity index (χ2n) is 6.32. The summed E-state index contributed by atoms with van der Waals surface area (Å²) in [5, 5.41) is 20.8. The van der Waals surface area contributed by atoms with Gasteiger partial charge in [0.2, 0.25) is 0 Å². The molecule has 0 aliphatic carbocycles. The first-order valence-corrected chi connectivity index (χ1v) is 8.68. The van der Waals surface area contributed by atoms with E-state index in [4.69, 9.17) is 9.52 Å². The van der Waals surface area contributed by atoms with E-state index in [1.165, 1.54) is 12.1 Å². The highest BCUT2D eigenvalue weighted by atomic mass is 16.4. The lowest BCUT2D eigenvalue weighted by Crippen LogP contribution is -1.94. The van der Waals surface area contributed by atoms with Gasteiger partial charge >= 0.3 is 5.97 Å². The van der Waals surface area contributed by atoms with Gasteiger partial charge in [0.05, 0.1) is 17.2 Å². The molecule has 1 heterocycles. The molecule has 0 radical (unpaired) electrons. The Kier molecular flexibility index (Phi) is 4.49. The van der Waals surface area contributed by atoms with Crippen LogP contribution < -0.4 is 0 Å². The Morgan fingerprint density at radius 3 is 2.32 bits per heavy atom. The van der Waals surface area contributed by atoms with Crippen molar-refractivity contribution in [3.8, 4) is 17.4 Å². The number of hydrogen-bond donors (Lipinski definition) is 1. The van der Waals surface area contributed by atoms with Crippen molar-refractivity contribution < 1.29 is 14.3 Å². The predicted molar refractivity (Wildman–Crippen MR) is 109 cm³/mol. The van der Waals surface area contributed by atoms with Gasteiger partial charge in [0, 0.05) is 5.56 Å². The van der Waals surface area contributed by atoms with Crippen LogP contribution in [0.4, 0.5) is 0 Å². The minimum Gasteiger partial charge on any atom is -0.478 e. The maximum absolute atomic E-state index is 11.0. The smallest absolute Gasteiger partial charge is 0.335 e. The van der Waals surface area contributed by atoms with Gasteiger partial charge < -0.3 is 9.52 Å². The van der Waals surface area contributed by atoms with E-state index in [9.17, 15) is 10.1 Å². The summed E-state index contributed by atoms with van der Waals surface area (Å²) in [6, 6.07) is 26.2. The van der Waals surface area contributed by atoms with Gasteiger partial charge in [-0.25, -0.2) is 4.79 Å². The lowest BCUT2D eigenvalue weighted by atomic mass is 10.0. The summed E-state index contributed by atoms with van der Waals surface area (Å²) in [4.78, 5) is 11.0. The molecule has 4 rings (SSSR count). The van der Waals surface area contributed by atoms with Crippen molar-refractivity contribution in [2.24, 2.45) is 0 Å². The summed E-state index contributed by atoms with van der Waals surface area (Å²) in [6.07, 6.45) is 1.71. The van der Waals surface area contributed by atoms with Crippen LogP contribution in [0.1, 0.15) is 21.7 Å². The van der Waals surface area contributed by atoms with E-state index < -0.39 is 5.97 Å². The normalized spacial score (nSPS) is 11.3.